The number of carbonyl (C=O) groups is 1. The lowest BCUT2D eigenvalue weighted by molar-refractivity contribution is -0.0577. The smallest absolute Gasteiger partial charge is 0.411 e. The van der Waals surface area contributed by atoms with Crippen LogP contribution in [0.25, 0.3) is 0 Å². The van der Waals surface area contributed by atoms with E-state index in [9.17, 15) is 4.79 Å². The second kappa shape index (κ2) is 11.6. The molecule has 8 atom stereocenters. The zero-order chi connectivity index (χ0) is 27.9. The van der Waals surface area contributed by atoms with Crippen LogP contribution in [0.3, 0.4) is 0 Å². The van der Waals surface area contributed by atoms with Gasteiger partial charge in [-0.2, -0.15) is 0 Å². The number of ether oxygens (including phenoxy) is 1. The molecule has 1 aromatic carbocycles. The van der Waals surface area contributed by atoms with Crippen molar-refractivity contribution in [3.8, 4) is 0 Å². The van der Waals surface area contributed by atoms with Gasteiger partial charge in [0, 0.05) is 12.1 Å². The molecule has 0 spiro atoms. The molecular formula is C34H49Cl2NO2. The number of allylic oxidation sites excluding steroid dienone is 1. The first-order valence-electron chi connectivity index (χ1n) is 15.6. The minimum Gasteiger partial charge on any atom is -0.446 e. The van der Waals surface area contributed by atoms with Gasteiger partial charge in [0.05, 0.1) is 10.0 Å². The molecule has 0 aliphatic heterocycles. The lowest BCUT2D eigenvalue weighted by atomic mass is 9.47. The summed E-state index contributed by atoms with van der Waals surface area (Å²) < 4.78 is 5.90. The maximum Gasteiger partial charge on any atom is 0.411 e. The van der Waals surface area contributed by atoms with Crippen LogP contribution < -0.4 is 5.32 Å². The number of anilines is 1. The van der Waals surface area contributed by atoms with Gasteiger partial charge in [-0.15, -0.1) is 0 Å². The van der Waals surface area contributed by atoms with E-state index in [4.69, 9.17) is 27.9 Å². The van der Waals surface area contributed by atoms with Crippen LogP contribution in [-0.4, -0.2) is 12.2 Å². The summed E-state index contributed by atoms with van der Waals surface area (Å²) in [7, 11) is 0. The number of hydrogen-bond acceptors (Lipinski definition) is 2. The van der Waals surface area contributed by atoms with E-state index in [1.165, 1.54) is 51.4 Å². The Kier molecular flexibility index (Phi) is 8.71. The fourth-order valence-corrected chi connectivity index (χ4v) is 9.92. The molecule has 0 saturated heterocycles. The minimum atomic E-state index is -0.413. The SMILES string of the molecule is CC(C)CCC[C@@H](C)[C@@H]1CC[C@@H]2[C@H]3CC=C4C[C@@H](OC(=O)Nc5ccc(Cl)c(Cl)c5)CC[C@]4(C)[C@@H]3CC[C@]21C. The van der Waals surface area contributed by atoms with Crippen LogP contribution in [0.1, 0.15) is 105 Å². The third-order valence-electron chi connectivity index (χ3n) is 11.7. The summed E-state index contributed by atoms with van der Waals surface area (Å²) in [5.74, 6) is 5.03. The molecule has 1 aromatic rings. The molecule has 3 saturated carbocycles. The van der Waals surface area contributed by atoms with Gasteiger partial charge in [-0.1, -0.05) is 88.7 Å². The van der Waals surface area contributed by atoms with Crippen LogP contribution in [0, 0.1) is 46.3 Å². The van der Waals surface area contributed by atoms with Gasteiger partial charge < -0.3 is 4.74 Å². The lowest BCUT2D eigenvalue weighted by Gasteiger charge is -2.58. The van der Waals surface area contributed by atoms with Crippen molar-refractivity contribution in [2.24, 2.45) is 46.3 Å². The third kappa shape index (κ3) is 5.78. The van der Waals surface area contributed by atoms with Crippen molar-refractivity contribution in [1.29, 1.82) is 0 Å². The summed E-state index contributed by atoms with van der Waals surface area (Å²) in [6.07, 6.45) is 16.0. The van der Waals surface area contributed by atoms with E-state index in [1.54, 1.807) is 23.8 Å². The van der Waals surface area contributed by atoms with E-state index in [0.29, 0.717) is 21.1 Å². The molecule has 4 aliphatic rings. The molecule has 0 unspecified atom stereocenters. The number of amides is 1. The van der Waals surface area contributed by atoms with Crippen LogP contribution >= 0.6 is 23.2 Å². The fraction of sp³-hybridized carbons (Fsp3) is 0.735. The Labute approximate surface area is 246 Å². The number of benzene rings is 1. The summed E-state index contributed by atoms with van der Waals surface area (Å²) in [4.78, 5) is 12.7. The number of rotatable bonds is 7. The molecular weight excluding hydrogens is 525 g/mol. The zero-order valence-electron chi connectivity index (χ0n) is 24.7. The van der Waals surface area contributed by atoms with Crippen molar-refractivity contribution < 1.29 is 9.53 Å². The van der Waals surface area contributed by atoms with Gasteiger partial charge >= 0.3 is 6.09 Å². The van der Waals surface area contributed by atoms with Gasteiger partial charge in [-0.05, 0) is 109 Å². The second-order valence-electron chi connectivity index (χ2n) is 14.3. The Bertz CT molecular complexity index is 1080. The molecule has 1 N–H and O–H groups in total. The molecule has 4 aliphatic carbocycles. The number of hydrogen-bond donors (Lipinski definition) is 1. The number of nitrogens with one attached hydrogen (secondary N) is 1. The maximum absolute atomic E-state index is 12.7. The number of fused-ring (bicyclic) bond motifs is 5. The van der Waals surface area contributed by atoms with Crippen molar-refractivity contribution >= 4 is 35.0 Å². The summed E-state index contributed by atoms with van der Waals surface area (Å²) in [5, 5.41) is 3.71. The van der Waals surface area contributed by atoms with Gasteiger partial charge in [0.1, 0.15) is 6.10 Å². The molecule has 39 heavy (non-hydrogen) atoms. The highest BCUT2D eigenvalue weighted by atomic mass is 35.5. The number of carbonyl (C=O) groups excluding carboxylic acids is 1. The predicted molar refractivity (Wildman–Crippen MR) is 163 cm³/mol. The Hall–Kier alpha value is -1.19. The molecule has 0 aromatic heterocycles. The predicted octanol–water partition coefficient (Wildman–Crippen LogP) is 11.0. The molecule has 216 valence electrons. The Balaban J connectivity index is 1.21. The van der Waals surface area contributed by atoms with Gasteiger partial charge in [-0.3, -0.25) is 5.32 Å². The largest absolute Gasteiger partial charge is 0.446 e. The van der Waals surface area contributed by atoms with Gasteiger partial charge in [0.25, 0.3) is 0 Å². The van der Waals surface area contributed by atoms with E-state index in [2.05, 4.69) is 46.0 Å². The first-order valence-corrected chi connectivity index (χ1v) is 16.4. The van der Waals surface area contributed by atoms with Gasteiger partial charge in [0.15, 0.2) is 0 Å². The molecule has 0 bridgehead atoms. The van der Waals surface area contributed by atoms with E-state index < -0.39 is 6.09 Å². The van der Waals surface area contributed by atoms with Crippen LogP contribution in [0.15, 0.2) is 29.8 Å². The van der Waals surface area contributed by atoms with Crippen LogP contribution in [0.4, 0.5) is 10.5 Å². The minimum absolute atomic E-state index is 0.0694. The normalized spacial score (nSPS) is 36.4. The molecule has 5 rings (SSSR count). The van der Waals surface area contributed by atoms with Gasteiger partial charge in [-0.25, -0.2) is 4.79 Å². The topological polar surface area (TPSA) is 38.3 Å². The third-order valence-corrected chi connectivity index (χ3v) is 12.4. The first kappa shape index (κ1) is 29.3. The zero-order valence-corrected chi connectivity index (χ0v) is 26.2. The van der Waals surface area contributed by atoms with Gasteiger partial charge in [0.2, 0.25) is 0 Å². The van der Waals surface area contributed by atoms with Crippen molar-refractivity contribution in [2.45, 2.75) is 111 Å². The number of halogens is 2. The summed E-state index contributed by atoms with van der Waals surface area (Å²) in [5.41, 5.74) is 2.92. The summed E-state index contributed by atoms with van der Waals surface area (Å²) >= 11 is 12.1. The van der Waals surface area contributed by atoms with E-state index in [-0.39, 0.29) is 11.5 Å². The van der Waals surface area contributed by atoms with Crippen LogP contribution in [0.5, 0.6) is 0 Å². The van der Waals surface area contributed by atoms with Crippen molar-refractivity contribution in [3.05, 3.63) is 39.9 Å². The molecule has 0 radical (unpaired) electrons. The van der Waals surface area contributed by atoms with Crippen LogP contribution in [0.2, 0.25) is 10.0 Å². The molecule has 0 heterocycles. The van der Waals surface area contributed by atoms with Crippen LogP contribution in [-0.2, 0) is 4.74 Å². The van der Waals surface area contributed by atoms with Crippen molar-refractivity contribution in [3.63, 3.8) is 0 Å². The summed E-state index contributed by atoms with van der Waals surface area (Å²) in [6.45, 7) is 12.5. The van der Waals surface area contributed by atoms with E-state index >= 15 is 0 Å². The van der Waals surface area contributed by atoms with Crippen molar-refractivity contribution in [2.75, 3.05) is 5.32 Å². The highest BCUT2D eigenvalue weighted by Gasteiger charge is 2.59. The highest BCUT2D eigenvalue weighted by Crippen LogP contribution is 2.67. The molecule has 5 heteroatoms. The maximum atomic E-state index is 12.7. The van der Waals surface area contributed by atoms with E-state index in [0.717, 1.165) is 54.8 Å². The fourth-order valence-electron chi connectivity index (χ4n) is 9.63. The molecule has 3 fully saturated rings. The average Bonchev–Trinajstić information content (AvgIpc) is 3.23. The highest BCUT2D eigenvalue weighted by molar-refractivity contribution is 6.42. The Morgan fingerprint density at radius 3 is 2.56 bits per heavy atom. The Morgan fingerprint density at radius 2 is 1.82 bits per heavy atom. The lowest BCUT2D eigenvalue weighted by Crippen LogP contribution is -2.51. The van der Waals surface area contributed by atoms with E-state index in [1.807, 2.05) is 0 Å². The molecule has 3 nitrogen and oxygen atoms in total. The Morgan fingerprint density at radius 1 is 1.03 bits per heavy atom. The standard InChI is InChI=1S/C34H49Cl2NO2/c1-21(2)7-6-8-22(3)27-12-13-28-26-11-9-23-19-25(15-17-33(23,4)29(26)16-18-34(27,28)5)39-32(38)37-24-10-14-30(35)31(36)20-24/h9-10,14,20-22,25-29H,6-8,11-13,15-19H2,1-5H3,(H,37,38)/t22-,25+,26-,27+,28-,29-,33+,34+/m1/s1. The monoisotopic (exact) mass is 573 g/mol. The van der Waals surface area contributed by atoms with Crippen molar-refractivity contribution in [1.82, 2.24) is 0 Å². The first-order chi connectivity index (χ1) is 18.5. The molecule has 1 amide bonds. The average molecular weight is 575 g/mol. The summed E-state index contributed by atoms with van der Waals surface area (Å²) in [6, 6.07) is 5.09. The second-order valence-corrected chi connectivity index (χ2v) is 15.1. The quantitative estimate of drug-likeness (QED) is 0.329.